The summed E-state index contributed by atoms with van der Waals surface area (Å²) in [6.45, 7) is 3.73. The van der Waals surface area contributed by atoms with E-state index in [1.165, 1.54) is 11.8 Å². The molecule has 0 radical (unpaired) electrons. The minimum Gasteiger partial charge on any atom is -0.340 e. The number of piperidine rings is 1. The molecule has 0 bridgehead atoms. The van der Waals surface area contributed by atoms with Gasteiger partial charge in [0, 0.05) is 42.4 Å². The molecule has 2 fully saturated rings. The van der Waals surface area contributed by atoms with Crippen LogP contribution in [0.3, 0.4) is 0 Å². The highest BCUT2D eigenvalue weighted by Crippen LogP contribution is 2.37. The van der Waals surface area contributed by atoms with E-state index in [0.717, 1.165) is 48.8 Å². The smallest absolute Gasteiger partial charge is 0.239 e. The molecule has 1 aliphatic carbocycles. The van der Waals surface area contributed by atoms with E-state index in [1.807, 2.05) is 17.0 Å². The third kappa shape index (κ3) is 3.12. The molecule has 2 aliphatic rings. The van der Waals surface area contributed by atoms with E-state index >= 15 is 0 Å². The summed E-state index contributed by atoms with van der Waals surface area (Å²) < 4.78 is 0. The molecule has 1 saturated heterocycles. The number of nitrogens with two attached hydrogens (primary N) is 1. The largest absolute Gasteiger partial charge is 0.340 e. The van der Waals surface area contributed by atoms with Gasteiger partial charge in [0.2, 0.25) is 5.91 Å². The molecule has 0 spiro atoms. The molecule has 1 aromatic heterocycles. The van der Waals surface area contributed by atoms with Gasteiger partial charge < -0.3 is 16.0 Å². The molecule has 1 saturated carbocycles. The van der Waals surface area contributed by atoms with Crippen molar-refractivity contribution < 1.29 is 4.79 Å². The normalized spacial score (nSPS) is 24.5. The summed E-state index contributed by atoms with van der Waals surface area (Å²) in [6.07, 6.45) is 6.35. The first-order chi connectivity index (χ1) is 12.6. The number of benzene rings is 1. The lowest BCUT2D eigenvalue weighted by Crippen LogP contribution is -2.50. The lowest BCUT2D eigenvalue weighted by molar-refractivity contribution is -0.135. The molecule has 3 atom stereocenters. The molecule has 2 heterocycles. The number of likely N-dealkylation sites (tertiary alicyclic amines) is 1. The van der Waals surface area contributed by atoms with Gasteiger partial charge in [0.1, 0.15) is 0 Å². The fourth-order valence-corrected chi connectivity index (χ4v) is 4.31. The highest BCUT2D eigenvalue weighted by atomic mass is 16.2. The van der Waals surface area contributed by atoms with E-state index in [0.29, 0.717) is 11.8 Å². The Kier molecular flexibility index (Phi) is 4.49. The second-order valence-electron chi connectivity index (χ2n) is 7.93. The zero-order valence-corrected chi connectivity index (χ0v) is 15.2. The van der Waals surface area contributed by atoms with Gasteiger partial charge in [0.25, 0.3) is 0 Å². The van der Waals surface area contributed by atoms with Gasteiger partial charge in [-0.1, -0.05) is 25.1 Å². The molecule has 4 rings (SSSR count). The van der Waals surface area contributed by atoms with Crippen LogP contribution in [-0.2, 0) is 4.79 Å². The van der Waals surface area contributed by atoms with Crippen molar-refractivity contribution in [3.8, 4) is 0 Å². The lowest BCUT2D eigenvalue weighted by atomic mass is 9.83. The zero-order valence-electron chi connectivity index (χ0n) is 15.2. The topological polar surface area (TPSA) is 83.1 Å². The Morgan fingerprint density at radius 3 is 2.88 bits per heavy atom. The van der Waals surface area contributed by atoms with E-state index < -0.39 is 0 Å². The maximum absolute atomic E-state index is 12.8. The molecule has 26 heavy (non-hydrogen) atoms. The van der Waals surface area contributed by atoms with Gasteiger partial charge in [-0.05, 0) is 42.7 Å². The molecular weight excluding hydrogens is 324 g/mol. The van der Waals surface area contributed by atoms with Gasteiger partial charge in [-0.3, -0.25) is 9.78 Å². The number of aromatic nitrogens is 1. The quantitative estimate of drug-likeness (QED) is 0.832. The van der Waals surface area contributed by atoms with Crippen LogP contribution in [0.25, 0.3) is 10.9 Å². The van der Waals surface area contributed by atoms with Crippen molar-refractivity contribution in [2.24, 2.45) is 17.6 Å². The molecule has 2 aromatic rings. The minimum atomic E-state index is -0.334. The number of nitrogens with zero attached hydrogens (tertiary/aromatic N) is 2. The van der Waals surface area contributed by atoms with Crippen LogP contribution in [0, 0.1) is 17.2 Å². The molecule has 5 heteroatoms. The van der Waals surface area contributed by atoms with Gasteiger partial charge in [0.15, 0.2) is 0 Å². The minimum absolute atomic E-state index is 0.114. The van der Waals surface area contributed by atoms with Crippen LogP contribution in [0.1, 0.15) is 43.2 Å². The van der Waals surface area contributed by atoms with Crippen LogP contribution < -0.4 is 5.73 Å². The highest BCUT2D eigenvalue weighted by Gasteiger charge is 2.38. The van der Waals surface area contributed by atoms with E-state index in [4.69, 9.17) is 11.1 Å². The van der Waals surface area contributed by atoms with E-state index in [9.17, 15) is 4.79 Å². The second-order valence-corrected chi connectivity index (χ2v) is 7.93. The maximum Gasteiger partial charge on any atom is 0.239 e. The van der Waals surface area contributed by atoms with E-state index in [-0.39, 0.29) is 17.9 Å². The number of carbonyl (C=O) groups is 1. The first-order valence-electron chi connectivity index (χ1n) is 9.51. The van der Waals surface area contributed by atoms with Crippen molar-refractivity contribution in [1.29, 1.82) is 5.41 Å². The predicted octanol–water partition coefficient (Wildman–Crippen LogP) is 2.92. The van der Waals surface area contributed by atoms with E-state index in [2.05, 4.69) is 24.0 Å². The molecule has 136 valence electrons. The van der Waals surface area contributed by atoms with Crippen molar-refractivity contribution in [3.63, 3.8) is 0 Å². The summed E-state index contributed by atoms with van der Waals surface area (Å²) in [6, 6.07) is 7.76. The summed E-state index contributed by atoms with van der Waals surface area (Å²) in [5.74, 6) is 1.22. The Bertz CT molecular complexity index is 845. The predicted molar refractivity (Wildman–Crippen MR) is 103 cm³/mol. The third-order valence-corrected chi connectivity index (χ3v) is 5.82. The van der Waals surface area contributed by atoms with Crippen molar-refractivity contribution in [2.75, 3.05) is 13.1 Å². The summed E-state index contributed by atoms with van der Waals surface area (Å²) in [5.41, 5.74) is 9.11. The number of fused-ring (bicyclic) bond motifs is 1. The van der Waals surface area contributed by atoms with Crippen LogP contribution in [-0.4, -0.2) is 41.1 Å². The summed E-state index contributed by atoms with van der Waals surface area (Å²) in [4.78, 5) is 19.3. The first kappa shape index (κ1) is 17.2. The summed E-state index contributed by atoms with van der Waals surface area (Å²) in [7, 11) is 0. The molecule has 5 nitrogen and oxygen atoms in total. The number of nitrogens with one attached hydrogen (secondary N) is 1. The highest BCUT2D eigenvalue weighted by molar-refractivity contribution is 5.98. The standard InChI is InChI=1S/C21H26N4O/c1-13-9-16(12-25(11-13)21(26)19(23)14-4-5-14)17-7-6-15(10-22)20-18(17)3-2-8-24-20/h2-3,6-8,10,13-14,16,19,22H,4-5,9,11-12,23H2,1H3/t13-,16+,19+/m1/s1. The average molecular weight is 350 g/mol. The maximum atomic E-state index is 12.8. The number of amides is 1. The van der Waals surface area contributed by atoms with Crippen LogP contribution in [0.4, 0.5) is 0 Å². The SMILES string of the molecule is C[C@@H]1C[C@H](c2ccc(C=N)c3ncccc23)CN(C(=O)[C@@H](N)C2CC2)C1. The van der Waals surface area contributed by atoms with Crippen molar-refractivity contribution in [3.05, 3.63) is 41.6 Å². The number of pyridine rings is 1. The van der Waals surface area contributed by atoms with Gasteiger partial charge >= 0.3 is 0 Å². The third-order valence-electron chi connectivity index (χ3n) is 5.82. The Morgan fingerprint density at radius 2 is 2.15 bits per heavy atom. The molecule has 0 unspecified atom stereocenters. The molecular formula is C21H26N4O. The van der Waals surface area contributed by atoms with Gasteiger partial charge in [-0.25, -0.2) is 0 Å². The first-order valence-corrected chi connectivity index (χ1v) is 9.51. The summed E-state index contributed by atoms with van der Waals surface area (Å²) in [5, 5.41) is 8.71. The molecule has 3 N–H and O–H groups in total. The van der Waals surface area contributed by atoms with Gasteiger partial charge in [-0.2, -0.15) is 0 Å². The van der Waals surface area contributed by atoms with Gasteiger partial charge in [0.05, 0.1) is 11.6 Å². The van der Waals surface area contributed by atoms with Crippen molar-refractivity contribution in [1.82, 2.24) is 9.88 Å². The van der Waals surface area contributed by atoms with Crippen molar-refractivity contribution >= 4 is 23.0 Å². The van der Waals surface area contributed by atoms with Gasteiger partial charge in [-0.15, -0.1) is 0 Å². The number of hydrogen-bond acceptors (Lipinski definition) is 4. The zero-order chi connectivity index (χ0) is 18.3. The van der Waals surface area contributed by atoms with Crippen LogP contribution in [0.15, 0.2) is 30.5 Å². The fourth-order valence-electron chi connectivity index (χ4n) is 4.31. The Labute approximate surface area is 154 Å². The van der Waals surface area contributed by atoms with Crippen LogP contribution >= 0.6 is 0 Å². The fraction of sp³-hybridized carbons (Fsp3) is 0.476. The number of carbonyl (C=O) groups excluding carboxylic acids is 1. The molecule has 1 aliphatic heterocycles. The van der Waals surface area contributed by atoms with Crippen LogP contribution in [0.5, 0.6) is 0 Å². The average Bonchev–Trinajstić information content (AvgIpc) is 3.50. The number of rotatable bonds is 4. The Morgan fingerprint density at radius 1 is 1.35 bits per heavy atom. The Hall–Kier alpha value is -2.27. The molecule has 1 aromatic carbocycles. The Balaban J connectivity index is 1.65. The lowest BCUT2D eigenvalue weighted by Gasteiger charge is -2.38. The van der Waals surface area contributed by atoms with Crippen LogP contribution in [0.2, 0.25) is 0 Å². The monoisotopic (exact) mass is 350 g/mol. The number of hydrogen-bond donors (Lipinski definition) is 2. The molecule has 1 amide bonds. The van der Waals surface area contributed by atoms with Crippen molar-refractivity contribution in [2.45, 2.75) is 38.1 Å². The summed E-state index contributed by atoms with van der Waals surface area (Å²) >= 11 is 0. The second kappa shape index (κ2) is 6.80. The van der Waals surface area contributed by atoms with E-state index in [1.54, 1.807) is 6.20 Å².